The molecular formula is C21H18N4O2S. The number of hydrogen-bond acceptors (Lipinski definition) is 5. The lowest BCUT2D eigenvalue weighted by molar-refractivity contribution is 0.0977. The number of thiocarbonyl (C=S) groups is 1. The van der Waals surface area contributed by atoms with E-state index in [1.807, 2.05) is 54.6 Å². The molecule has 28 heavy (non-hydrogen) atoms. The summed E-state index contributed by atoms with van der Waals surface area (Å²) in [6.45, 7) is 0. The molecule has 1 amide bonds. The zero-order chi connectivity index (χ0) is 19.8. The topological polar surface area (TPSA) is 75.1 Å². The number of nitrogens with zero attached hydrogens (tertiary/aromatic N) is 2. The molecular weight excluding hydrogens is 372 g/mol. The van der Waals surface area contributed by atoms with Crippen molar-refractivity contribution >= 4 is 40.3 Å². The number of benzene rings is 3. The molecule has 3 rings (SSSR count). The molecule has 3 aromatic rings. The van der Waals surface area contributed by atoms with Crippen LogP contribution in [0.15, 0.2) is 89.1 Å². The van der Waals surface area contributed by atoms with Crippen LogP contribution in [-0.4, -0.2) is 18.1 Å². The number of anilines is 1. The average Bonchev–Trinajstić information content (AvgIpc) is 2.74. The monoisotopic (exact) mass is 390 g/mol. The van der Waals surface area contributed by atoms with Crippen LogP contribution in [0, 0.1) is 0 Å². The van der Waals surface area contributed by atoms with E-state index < -0.39 is 0 Å². The normalized spacial score (nSPS) is 10.5. The van der Waals surface area contributed by atoms with Crippen LogP contribution in [-0.2, 0) is 0 Å². The fraction of sp³-hybridized carbons (Fsp3) is 0.0476. The largest absolute Gasteiger partial charge is 0.497 e. The van der Waals surface area contributed by atoms with Gasteiger partial charge in [0.25, 0.3) is 5.91 Å². The van der Waals surface area contributed by atoms with Crippen LogP contribution in [0.4, 0.5) is 17.1 Å². The van der Waals surface area contributed by atoms with Gasteiger partial charge < -0.3 is 10.1 Å². The zero-order valence-electron chi connectivity index (χ0n) is 15.1. The van der Waals surface area contributed by atoms with Gasteiger partial charge >= 0.3 is 0 Å². The van der Waals surface area contributed by atoms with Gasteiger partial charge in [0.2, 0.25) is 0 Å². The van der Waals surface area contributed by atoms with Crippen LogP contribution >= 0.6 is 12.2 Å². The van der Waals surface area contributed by atoms with Crippen molar-refractivity contribution in [3.63, 3.8) is 0 Å². The maximum atomic E-state index is 12.2. The number of hydrogen-bond donors (Lipinski definition) is 2. The first-order valence-corrected chi connectivity index (χ1v) is 8.88. The first-order chi connectivity index (χ1) is 13.6. The smallest absolute Gasteiger partial charge is 0.257 e. The van der Waals surface area contributed by atoms with Gasteiger partial charge in [-0.25, -0.2) is 0 Å². The van der Waals surface area contributed by atoms with E-state index in [4.69, 9.17) is 17.0 Å². The van der Waals surface area contributed by atoms with Crippen LogP contribution in [0.25, 0.3) is 0 Å². The van der Waals surface area contributed by atoms with Crippen LogP contribution < -0.4 is 15.4 Å². The number of carbonyl (C=O) groups excluding carboxylic acids is 1. The van der Waals surface area contributed by atoms with Crippen LogP contribution in [0.2, 0.25) is 0 Å². The molecule has 6 nitrogen and oxygen atoms in total. The number of azo groups is 1. The minimum atomic E-state index is -0.298. The third-order valence-corrected chi connectivity index (χ3v) is 3.95. The fourth-order valence-corrected chi connectivity index (χ4v) is 2.51. The zero-order valence-corrected chi connectivity index (χ0v) is 15.9. The van der Waals surface area contributed by atoms with Crippen molar-refractivity contribution < 1.29 is 9.53 Å². The van der Waals surface area contributed by atoms with Crippen LogP contribution in [0.1, 0.15) is 10.4 Å². The second-order valence-electron chi connectivity index (χ2n) is 5.72. The molecule has 140 valence electrons. The maximum Gasteiger partial charge on any atom is 0.257 e. The molecule has 0 atom stereocenters. The molecule has 0 aliphatic carbocycles. The predicted molar refractivity (Wildman–Crippen MR) is 114 cm³/mol. The van der Waals surface area contributed by atoms with Crippen molar-refractivity contribution in [3.05, 3.63) is 84.4 Å². The summed E-state index contributed by atoms with van der Waals surface area (Å²) in [6.07, 6.45) is 0. The van der Waals surface area contributed by atoms with Crippen molar-refractivity contribution in [3.8, 4) is 5.75 Å². The number of ether oxygens (including phenoxy) is 1. The lowest BCUT2D eigenvalue weighted by Crippen LogP contribution is -2.34. The highest BCUT2D eigenvalue weighted by Crippen LogP contribution is 2.20. The molecule has 0 radical (unpaired) electrons. The summed E-state index contributed by atoms with van der Waals surface area (Å²) in [5.74, 6) is 0.384. The van der Waals surface area contributed by atoms with Gasteiger partial charge in [0.15, 0.2) is 5.11 Å². The Morgan fingerprint density at radius 1 is 0.857 bits per heavy atom. The highest BCUT2D eigenvalue weighted by Gasteiger charge is 2.08. The molecule has 0 unspecified atom stereocenters. The molecule has 2 N–H and O–H groups in total. The van der Waals surface area contributed by atoms with Gasteiger partial charge in [0.1, 0.15) is 5.75 Å². The van der Waals surface area contributed by atoms with E-state index in [1.165, 1.54) is 0 Å². The van der Waals surface area contributed by atoms with Gasteiger partial charge in [-0.05, 0) is 72.9 Å². The Hall–Kier alpha value is -3.58. The molecule has 7 heteroatoms. The van der Waals surface area contributed by atoms with Gasteiger partial charge in [-0.3, -0.25) is 10.1 Å². The van der Waals surface area contributed by atoms with Crippen LogP contribution in [0.5, 0.6) is 5.75 Å². The van der Waals surface area contributed by atoms with E-state index in [1.54, 1.807) is 31.4 Å². The number of amides is 1. The van der Waals surface area contributed by atoms with E-state index in [2.05, 4.69) is 20.9 Å². The summed E-state index contributed by atoms with van der Waals surface area (Å²) in [6, 6.07) is 23.5. The number of carbonyl (C=O) groups is 1. The first-order valence-electron chi connectivity index (χ1n) is 8.47. The van der Waals surface area contributed by atoms with E-state index in [9.17, 15) is 4.79 Å². The Bertz CT molecular complexity index is 972. The molecule has 0 aliphatic rings. The molecule has 0 saturated carbocycles. The van der Waals surface area contributed by atoms with E-state index >= 15 is 0 Å². The lowest BCUT2D eigenvalue weighted by Gasteiger charge is -2.10. The van der Waals surface area contributed by atoms with Gasteiger partial charge in [-0.2, -0.15) is 10.2 Å². The quantitative estimate of drug-likeness (QED) is 0.462. The number of rotatable bonds is 5. The predicted octanol–water partition coefficient (Wildman–Crippen LogP) is 5.24. The van der Waals surface area contributed by atoms with E-state index in [-0.39, 0.29) is 11.0 Å². The molecule has 0 saturated heterocycles. The van der Waals surface area contributed by atoms with E-state index in [0.717, 1.165) is 11.4 Å². The molecule has 0 spiro atoms. The minimum Gasteiger partial charge on any atom is -0.497 e. The first kappa shape index (κ1) is 19.2. The Balaban J connectivity index is 1.55. The van der Waals surface area contributed by atoms with E-state index in [0.29, 0.717) is 17.0 Å². The number of methoxy groups -OCH3 is 1. The Morgan fingerprint density at radius 2 is 1.46 bits per heavy atom. The Kier molecular flexibility index (Phi) is 6.43. The van der Waals surface area contributed by atoms with Gasteiger partial charge in [-0.15, -0.1) is 0 Å². The fourth-order valence-electron chi connectivity index (χ4n) is 2.30. The van der Waals surface area contributed by atoms with Crippen molar-refractivity contribution in [1.82, 2.24) is 5.32 Å². The van der Waals surface area contributed by atoms with Gasteiger partial charge in [0, 0.05) is 11.3 Å². The lowest BCUT2D eigenvalue weighted by atomic mass is 10.2. The summed E-state index contributed by atoms with van der Waals surface area (Å²) in [5.41, 5.74) is 2.72. The number of nitrogens with one attached hydrogen (secondary N) is 2. The van der Waals surface area contributed by atoms with Crippen molar-refractivity contribution in [2.45, 2.75) is 0 Å². The summed E-state index contributed by atoms with van der Waals surface area (Å²) in [7, 11) is 1.57. The second-order valence-corrected chi connectivity index (χ2v) is 6.13. The maximum absolute atomic E-state index is 12.2. The highest BCUT2D eigenvalue weighted by molar-refractivity contribution is 7.80. The van der Waals surface area contributed by atoms with Crippen molar-refractivity contribution in [2.24, 2.45) is 10.2 Å². The molecule has 0 aliphatic heterocycles. The summed E-state index contributed by atoms with van der Waals surface area (Å²) in [5, 5.41) is 14.2. The highest BCUT2D eigenvalue weighted by atomic mass is 32.1. The molecule has 0 heterocycles. The molecule has 3 aromatic carbocycles. The van der Waals surface area contributed by atoms with Crippen molar-refractivity contribution in [1.29, 1.82) is 0 Å². The van der Waals surface area contributed by atoms with Crippen LogP contribution in [0.3, 0.4) is 0 Å². The van der Waals surface area contributed by atoms with Gasteiger partial charge in [0.05, 0.1) is 18.5 Å². The SMILES string of the molecule is COc1ccc(C(=O)NC(=S)Nc2ccc(N=Nc3ccccc3)cc2)cc1. The summed E-state index contributed by atoms with van der Waals surface area (Å²) < 4.78 is 5.08. The molecule has 0 fully saturated rings. The van der Waals surface area contributed by atoms with Gasteiger partial charge in [-0.1, -0.05) is 18.2 Å². The molecule has 0 aromatic heterocycles. The third kappa shape index (κ3) is 5.46. The summed E-state index contributed by atoms with van der Waals surface area (Å²) >= 11 is 5.20. The Morgan fingerprint density at radius 3 is 2.07 bits per heavy atom. The molecule has 0 bridgehead atoms. The average molecular weight is 390 g/mol. The Labute approximate surface area is 168 Å². The second kappa shape index (κ2) is 9.38. The third-order valence-electron chi connectivity index (χ3n) is 3.74. The van der Waals surface area contributed by atoms with Crippen molar-refractivity contribution in [2.75, 3.05) is 12.4 Å². The standard InChI is InChI=1S/C21H18N4O2S/c1-27-19-13-7-15(8-14-19)20(26)23-21(28)22-16-9-11-18(12-10-16)25-24-17-5-3-2-4-6-17/h2-14H,1H3,(H2,22,23,26,28). The minimum absolute atomic E-state index is 0.208. The summed E-state index contributed by atoms with van der Waals surface area (Å²) in [4.78, 5) is 12.2.